The molecule has 0 fully saturated rings. The van der Waals surface area contributed by atoms with Gasteiger partial charge in [0.1, 0.15) is 0 Å². The second-order valence-electron chi connectivity index (χ2n) is 5.91. The van der Waals surface area contributed by atoms with E-state index in [9.17, 15) is 5.11 Å². The fourth-order valence-electron chi connectivity index (χ4n) is 2.55. The maximum Gasteiger partial charge on any atom is 0.0620 e. The predicted octanol–water partition coefficient (Wildman–Crippen LogP) is 4.07. The average Bonchev–Trinajstić information content (AvgIpc) is 2.38. The minimum absolute atomic E-state index is 0.322. The van der Waals surface area contributed by atoms with Crippen LogP contribution in [0.25, 0.3) is 0 Å². The molecule has 1 atom stereocenters. The number of aliphatic hydroxyl groups is 1. The molecule has 2 aromatic rings. The molecule has 0 aromatic heterocycles. The van der Waals surface area contributed by atoms with Gasteiger partial charge < -0.3 is 5.11 Å². The molecular formula is C19H24O. The zero-order chi connectivity index (χ0) is 14.7. The fourth-order valence-corrected chi connectivity index (χ4v) is 2.55. The summed E-state index contributed by atoms with van der Waals surface area (Å²) >= 11 is 0. The van der Waals surface area contributed by atoms with Gasteiger partial charge in [0.05, 0.1) is 6.10 Å². The van der Waals surface area contributed by atoms with Crippen LogP contribution in [0.4, 0.5) is 0 Å². The van der Waals surface area contributed by atoms with Crippen molar-refractivity contribution in [3.63, 3.8) is 0 Å². The molecule has 0 bridgehead atoms. The van der Waals surface area contributed by atoms with E-state index < -0.39 is 0 Å². The maximum absolute atomic E-state index is 10.3. The molecular weight excluding hydrogens is 244 g/mol. The van der Waals surface area contributed by atoms with Gasteiger partial charge in [0.25, 0.3) is 0 Å². The minimum Gasteiger partial charge on any atom is -0.392 e. The fraction of sp³-hybridized carbons (Fsp3) is 0.368. The normalized spacial score (nSPS) is 12.4. The largest absolute Gasteiger partial charge is 0.392 e. The Hall–Kier alpha value is -1.60. The van der Waals surface area contributed by atoms with Crippen molar-refractivity contribution in [1.82, 2.24) is 0 Å². The van der Waals surface area contributed by atoms with Gasteiger partial charge in [-0.1, -0.05) is 42.0 Å². The molecule has 0 aliphatic carbocycles. The molecule has 0 amide bonds. The molecule has 106 valence electrons. The Morgan fingerprint density at radius 2 is 1.50 bits per heavy atom. The number of benzene rings is 2. The van der Waals surface area contributed by atoms with Crippen molar-refractivity contribution < 1.29 is 5.11 Å². The number of hydrogen-bond donors (Lipinski definition) is 1. The summed E-state index contributed by atoms with van der Waals surface area (Å²) in [6.07, 6.45) is 1.12. The van der Waals surface area contributed by atoms with E-state index >= 15 is 0 Å². The third-order valence-corrected chi connectivity index (χ3v) is 4.00. The summed E-state index contributed by atoms with van der Waals surface area (Å²) in [6, 6.07) is 12.9. The van der Waals surface area contributed by atoms with Crippen LogP contribution < -0.4 is 0 Å². The highest BCUT2D eigenvalue weighted by Gasteiger charge is 2.09. The van der Waals surface area contributed by atoms with Gasteiger partial charge >= 0.3 is 0 Å². The van der Waals surface area contributed by atoms with Crippen LogP contribution in [-0.4, -0.2) is 11.2 Å². The molecule has 1 nitrogen and oxygen atoms in total. The number of rotatable bonds is 4. The van der Waals surface area contributed by atoms with Crippen molar-refractivity contribution in [3.05, 3.63) is 69.8 Å². The first-order valence-electron chi connectivity index (χ1n) is 7.26. The van der Waals surface area contributed by atoms with Crippen LogP contribution in [0, 0.1) is 27.7 Å². The molecule has 2 aromatic carbocycles. The van der Waals surface area contributed by atoms with Crippen molar-refractivity contribution in [3.8, 4) is 0 Å². The predicted molar refractivity (Wildman–Crippen MR) is 85.2 cm³/mol. The summed E-state index contributed by atoms with van der Waals surface area (Å²) in [5, 5.41) is 10.3. The number of hydrogen-bond acceptors (Lipinski definition) is 1. The van der Waals surface area contributed by atoms with E-state index in [0.717, 1.165) is 6.42 Å². The van der Waals surface area contributed by atoms with E-state index in [0.29, 0.717) is 6.42 Å². The van der Waals surface area contributed by atoms with E-state index in [1.807, 2.05) is 0 Å². The highest BCUT2D eigenvalue weighted by Crippen LogP contribution is 2.16. The van der Waals surface area contributed by atoms with Crippen LogP contribution in [0.2, 0.25) is 0 Å². The van der Waals surface area contributed by atoms with Crippen LogP contribution in [0.5, 0.6) is 0 Å². The van der Waals surface area contributed by atoms with Gasteiger partial charge in [-0.3, -0.25) is 0 Å². The molecule has 1 N–H and O–H groups in total. The molecule has 1 heteroatoms. The second-order valence-corrected chi connectivity index (χ2v) is 5.91. The summed E-state index contributed by atoms with van der Waals surface area (Å²) in [6.45, 7) is 8.44. The highest BCUT2D eigenvalue weighted by atomic mass is 16.3. The monoisotopic (exact) mass is 268 g/mol. The Morgan fingerprint density at radius 3 is 2.20 bits per heavy atom. The van der Waals surface area contributed by atoms with Crippen molar-refractivity contribution in [2.45, 2.75) is 46.6 Å². The molecule has 20 heavy (non-hydrogen) atoms. The molecule has 0 saturated heterocycles. The molecule has 0 aliphatic heterocycles. The van der Waals surface area contributed by atoms with Crippen LogP contribution >= 0.6 is 0 Å². The lowest BCUT2D eigenvalue weighted by molar-refractivity contribution is 0.175. The Kier molecular flexibility index (Phi) is 4.61. The molecule has 0 spiro atoms. The molecule has 0 heterocycles. The lowest BCUT2D eigenvalue weighted by atomic mass is 9.96. The molecule has 0 saturated carbocycles. The maximum atomic E-state index is 10.3. The topological polar surface area (TPSA) is 20.2 Å². The average molecular weight is 268 g/mol. The van der Waals surface area contributed by atoms with Crippen molar-refractivity contribution >= 4 is 0 Å². The molecule has 2 rings (SSSR count). The molecule has 1 unspecified atom stereocenters. The lowest BCUT2D eigenvalue weighted by Gasteiger charge is -2.14. The van der Waals surface area contributed by atoms with Crippen LogP contribution in [-0.2, 0) is 12.8 Å². The Labute approximate surface area is 122 Å². The Bertz CT molecular complexity index is 599. The SMILES string of the molecule is Cc1ccc(C)c(CC(O)Cc2ccc(C)c(C)c2)c1. The molecule has 0 aliphatic rings. The number of aryl methyl sites for hydroxylation is 4. The van der Waals surface area contributed by atoms with Crippen molar-refractivity contribution in [2.24, 2.45) is 0 Å². The van der Waals surface area contributed by atoms with Crippen LogP contribution in [0.15, 0.2) is 36.4 Å². The first-order valence-corrected chi connectivity index (χ1v) is 7.26. The van der Waals surface area contributed by atoms with E-state index in [1.165, 1.54) is 33.4 Å². The Balaban J connectivity index is 2.06. The van der Waals surface area contributed by atoms with Gasteiger partial charge in [-0.15, -0.1) is 0 Å². The standard InChI is InChI=1S/C19H24O/c1-13-5-6-15(3)18(9-13)12-19(20)11-17-8-7-14(2)16(4)10-17/h5-10,19-20H,11-12H2,1-4H3. The zero-order valence-electron chi connectivity index (χ0n) is 12.9. The van der Waals surface area contributed by atoms with Gasteiger partial charge in [-0.25, -0.2) is 0 Å². The first-order chi connectivity index (χ1) is 9.45. The van der Waals surface area contributed by atoms with Crippen LogP contribution in [0.1, 0.15) is 33.4 Å². The summed E-state index contributed by atoms with van der Waals surface area (Å²) in [5.41, 5.74) is 7.57. The van der Waals surface area contributed by atoms with Gasteiger partial charge in [0.2, 0.25) is 0 Å². The smallest absolute Gasteiger partial charge is 0.0620 e. The van der Waals surface area contributed by atoms with E-state index in [4.69, 9.17) is 0 Å². The van der Waals surface area contributed by atoms with E-state index in [-0.39, 0.29) is 6.10 Å². The first kappa shape index (κ1) is 14.8. The van der Waals surface area contributed by atoms with Crippen molar-refractivity contribution in [2.75, 3.05) is 0 Å². The van der Waals surface area contributed by atoms with E-state index in [1.54, 1.807) is 0 Å². The third kappa shape index (κ3) is 3.71. The van der Waals surface area contributed by atoms with Crippen LogP contribution in [0.3, 0.4) is 0 Å². The summed E-state index contributed by atoms with van der Waals surface area (Å²) < 4.78 is 0. The van der Waals surface area contributed by atoms with E-state index in [2.05, 4.69) is 64.1 Å². The van der Waals surface area contributed by atoms with Gasteiger partial charge in [-0.2, -0.15) is 0 Å². The summed E-state index contributed by atoms with van der Waals surface area (Å²) in [7, 11) is 0. The zero-order valence-corrected chi connectivity index (χ0v) is 12.9. The summed E-state index contributed by atoms with van der Waals surface area (Å²) in [5.74, 6) is 0. The van der Waals surface area contributed by atoms with Gasteiger partial charge in [-0.05, 0) is 68.4 Å². The van der Waals surface area contributed by atoms with Gasteiger partial charge in [0, 0.05) is 0 Å². The Morgan fingerprint density at radius 1 is 0.800 bits per heavy atom. The highest BCUT2D eigenvalue weighted by molar-refractivity contribution is 5.32. The quantitative estimate of drug-likeness (QED) is 0.886. The molecule has 0 radical (unpaired) electrons. The number of aliphatic hydroxyl groups excluding tert-OH is 1. The minimum atomic E-state index is -0.322. The lowest BCUT2D eigenvalue weighted by Crippen LogP contribution is -2.15. The van der Waals surface area contributed by atoms with Gasteiger partial charge in [0.15, 0.2) is 0 Å². The summed E-state index contributed by atoms with van der Waals surface area (Å²) in [4.78, 5) is 0. The third-order valence-electron chi connectivity index (χ3n) is 4.00. The second kappa shape index (κ2) is 6.23. The van der Waals surface area contributed by atoms with Crippen molar-refractivity contribution in [1.29, 1.82) is 0 Å².